The zero-order valence-corrected chi connectivity index (χ0v) is 17.3. The van der Waals surface area contributed by atoms with Gasteiger partial charge in [0.1, 0.15) is 12.4 Å². The van der Waals surface area contributed by atoms with Crippen molar-refractivity contribution >= 4 is 17.6 Å². The predicted octanol–water partition coefficient (Wildman–Crippen LogP) is 5.07. The summed E-state index contributed by atoms with van der Waals surface area (Å²) in [5, 5.41) is 2.84. The standard InChI is InChI=1S/C25H25NO4/c1-17-8-7-9-18(2)23(17)26-24(27)19(3)30-25(28)21-12-14-22(15-13-21)29-16-20-10-5-4-6-11-20/h4-15,19H,16H2,1-3H3,(H,26,27)/t19-/m1/s1. The van der Waals surface area contributed by atoms with Crippen molar-refractivity contribution < 1.29 is 19.1 Å². The summed E-state index contributed by atoms with van der Waals surface area (Å²) in [5.74, 6) is -0.284. The van der Waals surface area contributed by atoms with Gasteiger partial charge in [-0.15, -0.1) is 0 Å². The third kappa shape index (κ3) is 5.47. The molecule has 1 atom stereocenters. The van der Waals surface area contributed by atoms with Crippen LogP contribution in [-0.2, 0) is 16.1 Å². The molecule has 0 fully saturated rings. The van der Waals surface area contributed by atoms with Crippen LogP contribution in [0.1, 0.15) is 34.0 Å². The summed E-state index contributed by atoms with van der Waals surface area (Å²) in [5.41, 5.74) is 4.06. The van der Waals surface area contributed by atoms with E-state index in [0.29, 0.717) is 17.9 Å². The van der Waals surface area contributed by atoms with Gasteiger partial charge in [-0.1, -0.05) is 48.5 Å². The number of aryl methyl sites for hydroxylation is 2. The summed E-state index contributed by atoms with van der Waals surface area (Å²) in [6.45, 7) is 5.83. The lowest BCUT2D eigenvalue weighted by Crippen LogP contribution is -2.30. The van der Waals surface area contributed by atoms with Crippen LogP contribution in [-0.4, -0.2) is 18.0 Å². The fourth-order valence-electron chi connectivity index (χ4n) is 2.95. The van der Waals surface area contributed by atoms with Crippen LogP contribution in [0, 0.1) is 13.8 Å². The van der Waals surface area contributed by atoms with Gasteiger partial charge in [-0.25, -0.2) is 4.79 Å². The lowest BCUT2D eigenvalue weighted by molar-refractivity contribution is -0.123. The molecule has 0 saturated carbocycles. The van der Waals surface area contributed by atoms with Gasteiger partial charge in [0, 0.05) is 5.69 Å². The van der Waals surface area contributed by atoms with Crippen molar-refractivity contribution in [2.75, 3.05) is 5.32 Å². The summed E-state index contributed by atoms with van der Waals surface area (Å²) in [6, 6.07) is 22.3. The molecule has 1 N–H and O–H groups in total. The summed E-state index contributed by atoms with van der Waals surface area (Å²) < 4.78 is 11.0. The molecule has 5 nitrogen and oxygen atoms in total. The van der Waals surface area contributed by atoms with E-state index >= 15 is 0 Å². The Morgan fingerprint density at radius 1 is 0.867 bits per heavy atom. The lowest BCUT2D eigenvalue weighted by Gasteiger charge is -2.16. The maximum absolute atomic E-state index is 12.4. The summed E-state index contributed by atoms with van der Waals surface area (Å²) in [4.78, 5) is 24.8. The molecular weight excluding hydrogens is 378 g/mol. The van der Waals surface area contributed by atoms with Crippen molar-refractivity contribution in [3.63, 3.8) is 0 Å². The van der Waals surface area contributed by atoms with Crippen molar-refractivity contribution in [1.29, 1.82) is 0 Å². The highest BCUT2D eigenvalue weighted by Gasteiger charge is 2.20. The van der Waals surface area contributed by atoms with Crippen LogP contribution in [0.5, 0.6) is 5.75 Å². The topological polar surface area (TPSA) is 64.6 Å². The van der Waals surface area contributed by atoms with Gasteiger partial charge in [-0.05, 0) is 61.7 Å². The van der Waals surface area contributed by atoms with E-state index in [-0.39, 0.29) is 5.91 Å². The first-order valence-electron chi connectivity index (χ1n) is 9.79. The van der Waals surface area contributed by atoms with Gasteiger partial charge in [0.15, 0.2) is 6.10 Å². The van der Waals surface area contributed by atoms with E-state index in [1.807, 2.05) is 62.4 Å². The van der Waals surface area contributed by atoms with Crippen LogP contribution in [0.3, 0.4) is 0 Å². The highest BCUT2D eigenvalue weighted by Crippen LogP contribution is 2.20. The molecule has 0 aliphatic carbocycles. The van der Waals surface area contributed by atoms with Gasteiger partial charge in [-0.3, -0.25) is 4.79 Å². The minimum Gasteiger partial charge on any atom is -0.489 e. The second-order valence-corrected chi connectivity index (χ2v) is 7.10. The molecule has 0 aromatic heterocycles. The fourth-order valence-corrected chi connectivity index (χ4v) is 2.95. The van der Waals surface area contributed by atoms with E-state index in [4.69, 9.17) is 9.47 Å². The third-order valence-corrected chi connectivity index (χ3v) is 4.72. The Morgan fingerprint density at radius 2 is 1.50 bits per heavy atom. The Morgan fingerprint density at radius 3 is 2.13 bits per heavy atom. The van der Waals surface area contributed by atoms with Crippen LogP contribution in [0.4, 0.5) is 5.69 Å². The van der Waals surface area contributed by atoms with Gasteiger partial charge in [0.2, 0.25) is 0 Å². The minimum atomic E-state index is -0.925. The van der Waals surface area contributed by atoms with Gasteiger partial charge in [0.05, 0.1) is 5.56 Å². The smallest absolute Gasteiger partial charge is 0.338 e. The van der Waals surface area contributed by atoms with Crippen molar-refractivity contribution in [3.8, 4) is 5.75 Å². The number of ether oxygens (including phenoxy) is 2. The number of benzene rings is 3. The number of para-hydroxylation sites is 1. The number of amides is 1. The van der Waals surface area contributed by atoms with Crippen LogP contribution >= 0.6 is 0 Å². The lowest BCUT2D eigenvalue weighted by atomic mass is 10.1. The molecule has 3 aromatic rings. The van der Waals surface area contributed by atoms with E-state index in [1.165, 1.54) is 0 Å². The molecule has 0 spiro atoms. The van der Waals surface area contributed by atoms with Crippen molar-refractivity contribution in [3.05, 3.63) is 95.1 Å². The Bertz CT molecular complexity index is 993. The first kappa shape index (κ1) is 21.1. The Kier molecular flexibility index (Phi) is 6.86. The molecule has 5 heteroatoms. The number of carbonyl (C=O) groups excluding carboxylic acids is 2. The number of hydrogen-bond donors (Lipinski definition) is 1. The molecule has 3 aromatic carbocycles. The number of rotatable bonds is 7. The molecule has 0 heterocycles. The molecule has 0 aliphatic heterocycles. The molecule has 30 heavy (non-hydrogen) atoms. The molecular formula is C25H25NO4. The fraction of sp³-hybridized carbons (Fsp3) is 0.200. The zero-order valence-electron chi connectivity index (χ0n) is 17.3. The second kappa shape index (κ2) is 9.74. The largest absolute Gasteiger partial charge is 0.489 e. The molecule has 0 bridgehead atoms. The molecule has 0 aliphatic rings. The Hall–Kier alpha value is -3.60. The first-order chi connectivity index (χ1) is 14.4. The minimum absolute atomic E-state index is 0.355. The van der Waals surface area contributed by atoms with Gasteiger partial charge in [0.25, 0.3) is 5.91 Å². The average molecular weight is 403 g/mol. The number of nitrogens with one attached hydrogen (secondary N) is 1. The Balaban J connectivity index is 1.55. The van der Waals surface area contributed by atoms with Crippen LogP contribution < -0.4 is 10.1 Å². The van der Waals surface area contributed by atoms with Gasteiger partial charge < -0.3 is 14.8 Å². The van der Waals surface area contributed by atoms with Gasteiger partial charge in [-0.2, -0.15) is 0 Å². The van der Waals surface area contributed by atoms with Gasteiger partial charge >= 0.3 is 5.97 Å². The normalized spacial score (nSPS) is 11.4. The molecule has 0 saturated heterocycles. The molecule has 1 amide bonds. The number of esters is 1. The molecule has 0 unspecified atom stereocenters. The zero-order chi connectivity index (χ0) is 21.5. The summed E-state index contributed by atoms with van der Waals surface area (Å²) in [7, 11) is 0. The maximum Gasteiger partial charge on any atom is 0.338 e. The van der Waals surface area contributed by atoms with E-state index in [2.05, 4.69) is 5.32 Å². The van der Waals surface area contributed by atoms with Crippen LogP contribution in [0.2, 0.25) is 0 Å². The monoisotopic (exact) mass is 403 g/mol. The van der Waals surface area contributed by atoms with E-state index < -0.39 is 12.1 Å². The Labute approximate surface area is 176 Å². The van der Waals surface area contributed by atoms with Crippen molar-refractivity contribution in [2.45, 2.75) is 33.5 Å². The van der Waals surface area contributed by atoms with Crippen molar-refractivity contribution in [1.82, 2.24) is 0 Å². The van der Waals surface area contributed by atoms with E-state index in [1.54, 1.807) is 31.2 Å². The summed E-state index contributed by atoms with van der Waals surface area (Å²) in [6.07, 6.45) is -0.925. The molecule has 3 rings (SSSR count). The van der Waals surface area contributed by atoms with Crippen LogP contribution in [0.15, 0.2) is 72.8 Å². The quantitative estimate of drug-likeness (QED) is 0.560. The highest BCUT2D eigenvalue weighted by atomic mass is 16.5. The third-order valence-electron chi connectivity index (χ3n) is 4.72. The van der Waals surface area contributed by atoms with Crippen molar-refractivity contribution in [2.24, 2.45) is 0 Å². The first-order valence-corrected chi connectivity index (χ1v) is 9.79. The molecule has 154 valence electrons. The second-order valence-electron chi connectivity index (χ2n) is 7.10. The highest BCUT2D eigenvalue weighted by molar-refractivity contribution is 5.98. The van der Waals surface area contributed by atoms with E-state index in [9.17, 15) is 9.59 Å². The number of anilines is 1. The predicted molar refractivity (Wildman–Crippen MR) is 117 cm³/mol. The number of hydrogen-bond acceptors (Lipinski definition) is 4. The molecule has 0 radical (unpaired) electrons. The van der Waals surface area contributed by atoms with Crippen LogP contribution in [0.25, 0.3) is 0 Å². The number of carbonyl (C=O) groups is 2. The SMILES string of the molecule is Cc1cccc(C)c1NC(=O)[C@@H](C)OC(=O)c1ccc(OCc2ccccc2)cc1. The maximum atomic E-state index is 12.4. The summed E-state index contributed by atoms with van der Waals surface area (Å²) >= 11 is 0. The van der Waals surface area contributed by atoms with E-state index in [0.717, 1.165) is 22.4 Å². The average Bonchev–Trinajstić information content (AvgIpc) is 2.75.